The summed E-state index contributed by atoms with van der Waals surface area (Å²) in [7, 11) is 1.70. The molecule has 4 heteroatoms. The maximum Gasteiger partial charge on any atom is 0.308 e. The van der Waals surface area contributed by atoms with Crippen molar-refractivity contribution < 1.29 is 14.6 Å². The van der Waals surface area contributed by atoms with Gasteiger partial charge in [0.25, 0.3) is 0 Å². The van der Waals surface area contributed by atoms with E-state index >= 15 is 0 Å². The van der Waals surface area contributed by atoms with Crippen LogP contribution in [0, 0.1) is 17.8 Å². The van der Waals surface area contributed by atoms with Crippen LogP contribution in [0.15, 0.2) is 0 Å². The fourth-order valence-corrected chi connectivity index (χ4v) is 3.11. The van der Waals surface area contributed by atoms with Gasteiger partial charge in [-0.05, 0) is 31.1 Å². The molecule has 0 aromatic rings. The first-order chi connectivity index (χ1) is 8.95. The zero-order chi connectivity index (χ0) is 14.4. The molecule has 1 saturated carbocycles. The maximum atomic E-state index is 11.5. The Hall–Kier alpha value is -0.610. The topological polar surface area (TPSA) is 49.8 Å². The lowest BCUT2D eigenvalue weighted by Gasteiger charge is -2.41. The van der Waals surface area contributed by atoms with Gasteiger partial charge < -0.3 is 9.84 Å². The Bertz CT molecular complexity index is 281. The monoisotopic (exact) mass is 271 g/mol. The molecule has 112 valence electrons. The van der Waals surface area contributed by atoms with Crippen LogP contribution in [-0.4, -0.2) is 48.8 Å². The second-order valence-corrected chi connectivity index (χ2v) is 6.31. The first kappa shape index (κ1) is 16.4. The summed E-state index contributed by atoms with van der Waals surface area (Å²) in [6.07, 6.45) is 2.84. The summed E-state index contributed by atoms with van der Waals surface area (Å²) in [5.74, 6) is 0.316. The molecule has 1 aliphatic carbocycles. The van der Waals surface area contributed by atoms with Crippen LogP contribution in [0.3, 0.4) is 0 Å². The molecule has 0 heterocycles. The van der Waals surface area contributed by atoms with Gasteiger partial charge in [0, 0.05) is 26.2 Å². The van der Waals surface area contributed by atoms with E-state index < -0.39 is 5.97 Å². The second kappa shape index (κ2) is 7.85. The van der Waals surface area contributed by atoms with E-state index in [0.717, 1.165) is 32.4 Å². The van der Waals surface area contributed by atoms with Gasteiger partial charge in [-0.3, -0.25) is 9.69 Å². The highest BCUT2D eigenvalue weighted by molar-refractivity contribution is 5.71. The molecule has 0 spiro atoms. The maximum absolute atomic E-state index is 11.5. The smallest absolute Gasteiger partial charge is 0.308 e. The van der Waals surface area contributed by atoms with Crippen LogP contribution in [0.1, 0.15) is 40.0 Å². The van der Waals surface area contributed by atoms with Crippen LogP contribution < -0.4 is 0 Å². The molecule has 0 radical (unpaired) electrons. The number of aliphatic carboxylic acids is 1. The number of hydrogen-bond donors (Lipinski definition) is 1. The van der Waals surface area contributed by atoms with Crippen LogP contribution in [0.4, 0.5) is 0 Å². The molecule has 1 rings (SSSR count). The van der Waals surface area contributed by atoms with E-state index in [1.165, 1.54) is 0 Å². The summed E-state index contributed by atoms with van der Waals surface area (Å²) in [5.41, 5.74) is 0. The normalized spacial score (nSPS) is 28.0. The second-order valence-electron chi connectivity index (χ2n) is 6.31. The summed E-state index contributed by atoms with van der Waals surface area (Å²) in [6, 6.07) is 0.166. The SMILES string of the molecule is COCCN(CC(C)C)C1CC(C)CCC1C(=O)O. The Morgan fingerprint density at radius 2 is 2.11 bits per heavy atom. The van der Waals surface area contributed by atoms with Crippen LogP contribution in [0.2, 0.25) is 0 Å². The van der Waals surface area contributed by atoms with E-state index in [0.29, 0.717) is 18.4 Å². The van der Waals surface area contributed by atoms with Gasteiger partial charge in [-0.15, -0.1) is 0 Å². The van der Waals surface area contributed by atoms with Crippen LogP contribution in [0.5, 0.6) is 0 Å². The zero-order valence-corrected chi connectivity index (χ0v) is 12.8. The van der Waals surface area contributed by atoms with Gasteiger partial charge in [0.2, 0.25) is 0 Å². The number of ether oxygens (including phenoxy) is 1. The summed E-state index contributed by atoms with van der Waals surface area (Å²) in [4.78, 5) is 13.8. The van der Waals surface area contributed by atoms with Gasteiger partial charge in [0.05, 0.1) is 12.5 Å². The van der Waals surface area contributed by atoms with E-state index in [-0.39, 0.29) is 12.0 Å². The number of hydrogen-bond acceptors (Lipinski definition) is 3. The van der Waals surface area contributed by atoms with Crippen molar-refractivity contribution in [1.29, 1.82) is 0 Å². The largest absolute Gasteiger partial charge is 0.481 e. The zero-order valence-electron chi connectivity index (χ0n) is 12.8. The minimum atomic E-state index is -0.636. The minimum Gasteiger partial charge on any atom is -0.481 e. The highest BCUT2D eigenvalue weighted by Gasteiger charge is 2.37. The van der Waals surface area contributed by atoms with E-state index in [2.05, 4.69) is 25.7 Å². The predicted molar refractivity (Wildman–Crippen MR) is 76.2 cm³/mol. The van der Waals surface area contributed by atoms with E-state index in [4.69, 9.17) is 4.74 Å². The Kier molecular flexibility index (Phi) is 6.80. The van der Waals surface area contributed by atoms with Crippen molar-refractivity contribution >= 4 is 5.97 Å². The minimum absolute atomic E-state index is 0.166. The van der Waals surface area contributed by atoms with Gasteiger partial charge in [0.1, 0.15) is 0 Å². The van der Waals surface area contributed by atoms with Gasteiger partial charge >= 0.3 is 5.97 Å². The van der Waals surface area contributed by atoms with Crippen molar-refractivity contribution in [3.8, 4) is 0 Å². The Balaban J connectivity index is 2.77. The van der Waals surface area contributed by atoms with Crippen LogP contribution in [0.25, 0.3) is 0 Å². The lowest BCUT2D eigenvalue weighted by Crippen LogP contribution is -2.49. The molecular formula is C15H29NO3. The predicted octanol–water partition coefficient (Wildman–Crippen LogP) is 2.48. The molecule has 1 N–H and O–H groups in total. The Morgan fingerprint density at radius 1 is 1.42 bits per heavy atom. The summed E-state index contributed by atoms with van der Waals surface area (Å²) in [5, 5.41) is 9.45. The molecule has 4 nitrogen and oxygen atoms in total. The highest BCUT2D eigenvalue weighted by atomic mass is 16.5. The summed E-state index contributed by atoms with van der Waals surface area (Å²) < 4.78 is 5.18. The average Bonchev–Trinajstić information content (AvgIpc) is 2.33. The fourth-order valence-electron chi connectivity index (χ4n) is 3.11. The van der Waals surface area contributed by atoms with Crippen molar-refractivity contribution in [1.82, 2.24) is 4.90 Å². The molecule has 0 aromatic carbocycles. The molecular weight excluding hydrogens is 242 g/mol. The van der Waals surface area contributed by atoms with Crippen molar-refractivity contribution in [2.45, 2.75) is 46.1 Å². The quantitative estimate of drug-likeness (QED) is 0.773. The van der Waals surface area contributed by atoms with Crippen LogP contribution in [-0.2, 0) is 9.53 Å². The Labute approximate surface area is 117 Å². The molecule has 0 saturated heterocycles. The third-order valence-electron chi connectivity index (χ3n) is 4.05. The lowest BCUT2D eigenvalue weighted by molar-refractivity contribution is -0.146. The summed E-state index contributed by atoms with van der Waals surface area (Å²) >= 11 is 0. The number of carboxylic acid groups (broad SMARTS) is 1. The first-order valence-electron chi connectivity index (χ1n) is 7.41. The van der Waals surface area contributed by atoms with Crippen molar-refractivity contribution in [3.05, 3.63) is 0 Å². The molecule has 3 atom stereocenters. The molecule has 0 aromatic heterocycles. The van der Waals surface area contributed by atoms with E-state index in [9.17, 15) is 9.90 Å². The van der Waals surface area contributed by atoms with Gasteiger partial charge in [-0.1, -0.05) is 20.8 Å². The first-order valence-corrected chi connectivity index (χ1v) is 7.41. The third-order valence-corrected chi connectivity index (χ3v) is 4.05. The van der Waals surface area contributed by atoms with Gasteiger partial charge in [-0.2, -0.15) is 0 Å². The average molecular weight is 271 g/mol. The molecule has 0 aliphatic heterocycles. The number of carboxylic acids is 1. The van der Waals surface area contributed by atoms with E-state index in [1.54, 1.807) is 7.11 Å². The number of carbonyl (C=O) groups is 1. The highest BCUT2D eigenvalue weighted by Crippen LogP contribution is 2.32. The standard InChI is InChI=1S/C15H29NO3/c1-11(2)10-16(7-8-19-4)14-9-12(3)5-6-13(14)15(17)18/h11-14H,5-10H2,1-4H3,(H,17,18). The van der Waals surface area contributed by atoms with E-state index in [1.807, 2.05) is 0 Å². The molecule has 0 amide bonds. The molecule has 1 aliphatic rings. The lowest BCUT2D eigenvalue weighted by atomic mass is 9.78. The Morgan fingerprint density at radius 3 is 2.63 bits per heavy atom. The molecule has 0 bridgehead atoms. The fraction of sp³-hybridized carbons (Fsp3) is 0.933. The van der Waals surface area contributed by atoms with Crippen LogP contribution >= 0.6 is 0 Å². The number of methoxy groups -OCH3 is 1. The summed E-state index contributed by atoms with van der Waals surface area (Å²) in [6.45, 7) is 9.04. The van der Waals surface area contributed by atoms with Crippen molar-refractivity contribution in [3.63, 3.8) is 0 Å². The number of nitrogens with zero attached hydrogens (tertiary/aromatic N) is 1. The van der Waals surface area contributed by atoms with Crippen molar-refractivity contribution in [2.24, 2.45) is 17.8 Å². The molecule has 3 unspecified atom stereocenters. The number of rotatable bonds is 7. The molecule has 1 fully saturated rings. The van der Waals surface area contributed by atoms with Gasteiger partial charge in [-0.25, -0.2) is 0 Å². The third kappa shape index (κ3) is 5.11. The molecule has 19 heavy (non-hydrogen) atoms. The van der Waals surface area contributed by atoms with Crippen molar-refractivity contribution in [2.75, 3.05) is 26.8 Å². The van der Waals surface area contributed by atoms with Gasteiger partial charge in [0.15, 0.2) is 0 Å².